The van der Waals surface area contributed by atoms with Gasteiger partial charge in [-0.1, -0.05) is 48.0 Å². The van der Waals surface area contributed by atoms with Crippen molar-refractivity contribution in [3.63, 3.8) is 0 Å². The molecule has 22 heavy (non-hydrogen) atoms. The summed E-state index contributed by atoms with van der Waals surface area (Å²) in [6, 6.07) is 20.9. The van der Waals surface area contributed by atoms with Gasteiger partial charge in [0, 0.05) is 5.02 Å². The Balaban J connectivity index is 1.79. The van der Waals surface area contributed by atoms with E-state index in [1.165, 1.54) is 5.39 Å². The van der Waals surface area contributed by atoms with Crippen molar-refractivity contribution < 1.29 is 9.53 Å². The Kier molecular flexibility index (Phi) is 4.12. The second-order valence-corrected chi connectivity index (χ2v) is 5.60. The van der Waals surface area contributed by atoms with E-state index in [1.807, 2.05) is 37.3 Å². The molecule has 0 heterocycles. The van der Waals surface area contributed by atoms with Gasteiger partial charge in [0.15, 0.2) is 0 Å². The van der Waals surface area contributed by atoms with Crippen LogP contribution in [0, 0.1) is 0 Å². The van der Waals surface area contributed by atoms with E-state index in [0.717, 1.165) is 10.9 Å². The number of ether oxygens (including phenoxy) is 1. The molecule has 1 unspecified atom stereocenters. The lowest BCUT2D eigenvalue weighted by molar-refractivity contribution is 0.0338. The summed E-state index contributed by atoms with van der Waals surface area (Å²) in [7, 11) is 0. The summed E-state index contributed by atoms with van der Waals surface area (Å²) in [5.74, 6) is -0.350. The van der Waals surface area contributed by atoms with Crippen molar-refractivity contribution in [2.24, 2.45) is 0 Å². The fourth-order valence-electron chi connectivity index (χ4n) is 2.34. The van der Waals surface area contributed by atoms with Gasteiger partial charge in [-0.2, -0.15) is 0 Å². The molecule has 2 nitrogen and oxygen atoms in total. The van der Waals surface area contributed by atoms with Crippen LogP contribution in [0.2, 0.25) is 5.02 Å². The van der Waals surface area contributed by atoms with Crippen LogP contribution in [-0.2, 0) is 4.74 Å². The predicted molar refractivity (Wildman–Crippen MR) is 89.2 cm³/mol. The minimum atomic E-state index is -0.350. The SMILES string of the molecule is CC(OC(=O)c1ccc(Cl)cc1)c1ccc2ccccc2c1. The molecule has 3 rings (SSSR count). The second kappa shape index (κ2) is 6.20. The maximum absolute atomic E-state index is 12.1. The minimum Gasteiger partial charge on any atom is -0.454 e. The number of hydrogen-bond acceptors (Lipinski definition) is 2. The average Bonchev–Trinajstić information content (AvgIpc) is 2.55. The number of halogens is 1. The maximum atomic E-state index is 12.1. The normalized spacial score (nSPS) is 12.1. The number of rotatable bonds is 3. The molecule has 0 radical (unpaired) electrons. The van der Waals surface area contributed by atoms with Gasteiger partial charge < -0.3 is 4.74 Å². The van der Waals surface area contributed by atoms with Gasteiger partial charge in [-0.05, 0) is 53.6 Å². The number of fused-ring (bicyclic) bond motifs is 1. The molecule has 0 aliphatic heterocycles. The molecule has 3 aromatic carbocycles. The van der Waals surface area contributed by atoms with Crippen LogP contribution >= 0.6 is 11.6 Å². The first-order chi connectivity index (χ1) is 10.6. The molecule has 0 fully saturated rings. The molecular formula is C19H15ClO2. The molecular weight excluding hydrogens is 296 g/mol. The first-order valence-corrected chi connectivity index (χ1v) is 7.46. The second-order valence-electron chi connectivity index (χ2n) is 5.16. The van der Waals surface area contributed by atoms with Gasteiger partial charge in [0.25, 0.3) is 0 Å². The van der Waals surface area contributed by atoms with Crippen LogP contribution in [-0.4, -0.2) is 5.97 Å². The molecule has 110 valence electrons. The lowest BCUT2D eigenvalue weighted by Crippen LogP contribution is -2.09. The van der Waals surface area contributed by atoms with Crippen molar-refractivity contribution >= 4 is 28.3 Å². The summed E-state index contributed by atoms with van der Waals surface area (Å²) in [5, 5.41) is 2.90. The van der Waals surface area contributed by atoms with Gasteiger partial charge in [0.05, 0.1) is 5.56 Å². The molecule has 0 saturated heterocycles. The van der Waals surface area contributed by atoms with E-state index in [4.69, 9.17) is 16.3 Å². The van der Waals surface area contributed by atoms with Crippen LogP contribution in [0.25, 0.3) is 10.8 Å². The Morgan fingerprint density at radius 3 is 2.36 bits per heavy atom. The average molecular weight is 311 g/mol. The van der Waals surface area contributed by atoms with Crippen molar-refractivity contribution in [1.29, 1.82) is 0 Å². The van der Waals surface area contributed by atoms with Crippen LogP contribution in [0.15, 0.2) is 66.7 Å². The smallest absolute Gasteiger partial charge is 0.338 e. The number of benzene rings is 3. The van der Waals surface area contributed by atoms with Crippen molar-refractivity contribution in [3.05, 3.63) is 82.9 Å². The van der Waals surface area contributed by atoms with E-state index < -0.39 is 0 Å². The number of carbonyl (C=O) groups excluding carboxylic acids is 1. The van der Waals surface area contributed by atoms with Gasteiger partial charge >= 0.3 is 5.97 Å². The van der Waals surface area contributed by atoms with E-state index in [1.54, 1.807) is 24.3 Å². The predicted octanol–water partition coefficient (Wildman–Crippen LogP) is 5.41. The summed E-state index contributed by atoms with van der Waals surface area (Å²) < 4.78 is 5.53. The highest BCUT2D eigenvalue weighted by Gasteiger charge is 2.14. The van der Waals surface area contributed by atoms with Gasteiger partial charge in [0.1, 0.15) is 6.10 Å². The number of esters is 1. The zero-order valence-corrected chi connectivity index (χ0v) is 12.9. The highest BCUT2D eigenvalue weighted by Crippen LogP contribution is 2.23. The van der Waals surface area contributed by atoms with Gasteiger partial charge in [-0.3, -0.25) is 0 Å². The molecule has 1 atom stereocenters. The third-order valence-electron chi connectivity index (χ3n) is 3.61. The molecule has 0 bridgehead atoms. The van der Waals surface area contributed by atoms with E-state index in [-0.39, 0.29) is 12.1 Å². The maximum Gasteiger partial charge on any atom is 0.338 e. The van der Waals surface area contributed by atoms with Crippen LogP contribution in [0.5, 0.6) is 0 Å². The largest absolute Gasteiger partial charge is 0.454 e. The topological polar surface area (TPSA) is 26.3 Å². The number of carbonyl (C=O) groups is 1. The lowest BCUT2D eigenvalue weighted by Gasteiger charge is -2.14. The van der Waals surface area contributed by atoms with E-state index in [0.29, 0.717) is 10.6 Å². The van der Waals surface area contributed by atoms with Crippen LogP contribution in [0.1, 0.15) is 28.9 Å². The summed E-state index contributed by atoms with van der Waals surface area (Å²) in [6.45, 7) is 1.87. The molecule has 0 aliphatic rings. The molecule has 0 spiro atoms. The zero-order valence-electron chi connectivity index (χ0n) is 12.1. The lowest BCUT2D eigenvalue weighted by atomic mass is 10.0. The van der Waals surface area contributed by atoms with E-state index >= 15 is 0 Å². The summed E-state index contributed by atoms with van der Waals surface area (Å²) in [4.78, 5) is 12.1. The summed E-state index contributed by atoms with van der Waals surface area (Å²) in [6.07, 6.45) is -0.312. The Morgan fingerprint density at radius 2 is 1.64 bits per heavy atom. The summed E-state index contributed by atoms with van der Waals surface area (Å²) in [5.41, 5.74) is 1.47. The standard InChI is InChI=1S/C19H15ClO2/c1-13(22-19(21)15-8-10-18(20)11-9-15)16-7-6-14-4-2-3-5-17(14)12-16/h2-13H,1H3. The van der Waals surface area contributed by atoms with Gasteiger partial charge in [-0.15, -0.1) is 0 Å². The van der Waals surface area contributed by atoms with E-state index in [9.17, 15) is 4.79 Å². The first kappa shape index (κ1) is 14.6. The van der Waals surface area contributed by atoms with Crippen molar-refractivity contribution in [2.45, 2.75) is 13.0 Å². The number of hydrogen-bond donors (Lipinski definition) is 0. The molecule has 0 saturated carbocycles. The van der Waals surface area contributed by atoms with Crippen molar-refractivity contribution in [3.8, 4) is 0 Å². The van der Waals surface area contributed by atoms with Gasteiger partial charge in [-0.25, -0.2) is 4.79 Å². The van der Waals surface area contributed by atoms with E-state index in [2.05, 4.69) is 12.1 Å². The Hall–Kier alpha value is -2.32. The van der Waals surface area contributed by atoms with Crippen LogP contribution in [0.3, 0.4) is 0 Å². The third-order valence-corrected chi connectivity index (χ3v) is 3.86. The van der Waals surface area contributed by atoms with Crippen LogP contribution < -0.4 is 0 Å². The zero-order chi connectivity index (χ0) is 15.5. The molecule has 0 N–H and O–H groups in total. The van der Waals surface area contributed by atoms with Gasteiger partial charge in [0.2, 0.25) is 0 Å². The fraction of sp³-hybridized carbons (Fsp3) is 0.105. The molecule has 0 aromatic heterocycles. The van der Waals surface area contributed by atoms with Crippen molar-refractivity contribution in [2.75, 3.05) is 0 Å². The third kappa shape index (κ3) is 3.12. The Bertz CT molecular complexity index is 809. The molecule has 3 aromatic rings. The molecule has 3 heteroatoms. The fourth-order valence-corrected chi connectivity index (χ4v) is 2.47. The van der Waals surface area contributed by atoms with Crippen molar-refractivity contribution in [1.82, 2.24) is 0 Å². The monoisotopic (exact) mass is 310 g/mol. The molecule has 0 aliphatic carbocycles. The Labute approximate surface area is 134 Å². The quantitative estimate of drug-likeness (QED) is 0.604. The molecule has 0 amide bonds. The highest BCUT2D eigenvalue weighted by molar-refractivity contribution is 6.30. The Morgan fingerprint density at radius 1 is 0.955 bits per heavy atom. The summed E-state index contributed by atoms with van der Waals surface area (Å²) >= 11 is 5.82. The first-order valence-electron chi connectivity index (χ1n) is 7.09. The highest BCUT2D eigenvalue weighted by atomic mass is 35.5. The van der Waals surface area contributed by atoms with Crippen LogP contribution in [0.4, 0.5) is 0 Å². The minimum absolute atomic E-state index is 0.312.